The molecule has 0 aromatic heterocycles. The minimum atomic E-state index is -0.608. The topological polar surface area (TPSA) is 84.3 Å². The molecule has 118 valence electrons. The van der Waals surface area contributed by atoms with E-state index in [1.165, 1.54) is 24.4 Å². The van der Waals surface area contributed by atoms with Crippen LogP contribution in [0.4, 0.5) is 16.2 Å². The summed E-state index contributed by atoms with van der Waals surface area (Å²) in [6.45, 7) is 1.96. The van der Waals surface area contributed by atoms with Crippen molar-refractivity contribution in [3.63, 3.8) is 0 Å². The zero-order chi connectivity index (χ0) is 16.8. The molecule has 0 spiro atoms. The molecule has 7 heteroatoms. The lowest BCUT2D eigenvalue weighted by Crippen LogP contribution is -2.23. The van der Waals surface area contributed by atoms with Crippen molar-refractivity contribution < 1.29 is 9.72 Å². The molecule has 2 amide bonds. The number of carbonyl (C=O) groups is 1. The highest BCUT2D eigenvalue weighted by Crippen LogP contribution is 2.27. The van der Waals surface area contributed by atoms with Gasteiger partial charge < -0.3 is 10.6 Å². The van der Waals surface area contributed by atoms with E-state index in [0.29, 0.717) is 0 Å². The summed E-state index contributed by atoms with van der Waals surface area (Å²) in [5.74, 6) is 0. The SMILES string of the molecule is Cc1ccccc1/C=C/NC(=O)Nc1ccc(Cl)c([N+](=O)[O-])c1. The first-order chi connectivity index (χ1) is 11.0. The molecular weight excluding hydrogens is 318 g/mol. The number of nitrogens with zero attached hydrogens (tertiary/aromatic N) is 1. The average Bonchev–Trinajstić information content (AvgIpc) is 2.51. The van der Waals surface area contributed by atoms with Crippen molar-refractivity contribution >= 4 is 35.1 Å². The molecule has 2 aromatic carbocycles. The van der Waals surface area contributed by atoms with E-state index in [-0.39, 0.29) is 16.4 Å². The molecular formula is C16H14ClN3O3. The highest BCUT2D eigenvalue weighted by molar-refractivity contribution is 6.32. The van der Waals surface area contributed by atoms with Crippen LogP contribution in [-0.2, 0) is 0 Å². The number of nitrogens with one attached hydrogen (secondary N) is 2. The largest absolute Gasteiger partial charge is 0.323 e. The monoisotopic (exact) mass is 331 g/mol. The van der Waals surface area contributed by atoms with Gasteiger partial charge in [0.2, 0.25) is 0 Å². The number of aryl methyl sites for hydroxylation is 1. The van der Waals surface area contributed by atoms with E-state index in [1.807, 2.05) is 31.2 Å². The summed E-state index contributed by atoms with van der Waals surface area (Å²) in [4.78, 5) is 22.0. The number of rotatable bonds is 4. The summed E-state index contributed by atoms with van der Waals surface area (Å²) in [5, 5.41) is 15.9. The van der Waals surface area contributed by atoms with Crippen LogP contribution < -0.4 is 10.6 Å². The number of halogens is 1. The Morgan fingerprint density at radius 1 is 1.26 bits per heavy atom. The predicted molar refractivity (Wildman–Crippen MR) is 90.5 cm³/mol. The standard InChI is InChI=1S/C16H14ClN3O3/c1-11-4-2-3-5-12(11)8-9-18-16(21)19-13-6-7-14(17)15(10-13)20(22)23/h2-10H,1H3,(H2,18,19,21)/b9-8+. The number of carbonyl (C=O) groups excluding carboxylic acids is 1. The number of anilines is 1. The Balaban J connectivity index is 1.99. The third-order valence-corrected chi connectivity index (χ3v) is 3.39. The fourth-order valence-corrected chi connectivity index (χ4v) is 2.06. The minimum Gasteiger partial charge on any atom is -0.314 e. The maximum absolute atomic E-state index is 11.8. The molecule has 0 aliphatic heterocycles. The van der Waals surface area contributed by atoms with Crippen LogP contribution in [0.15, 0.2) is 48.7 Å². The van der Waals surface area contributed by atoms with E-state index in [2.05, 4.69) is 10.6 Å². The van der Waals surface area contributed by atoms with Gasteiger partial charge in [-0.1, -0.05) is 35.9 Å². The first-order valence-corrected chi connectivity index (χ1v) is 7.09. The van der Waals surface area contributed by atoms with Gasteiger partial charge in [0.15, 0.2) is 0 Å². The number of benzene rings is 2. The van der Waals surface area contributed by atoms with Gasteiger partial charge in [-0.05, 0) is 36.3 Å². The zero-order valence-corrected chi connectivity index (χ0v) is 13.0. The molecule has 2 rings (SSSR count). The lowest BCUT2D eigenvalue weighted by atomic mass is 10.1. The Morgan fingerprint density at radius 3 is 2.70 bits per heavy atom. The van der Waals surface area contributed by atoms with Crippen molar-refractivity contribution in [2.24, 2.45) is 0 Å². The normalized spacial score (nSPS) is 10.5. The van der Waals surface area contributed by atoms with E-state index < -0.39 is 11.0 Å². The van der Waals surface area contributed by atoms with Gasteiger partial charge in [-0.25, -0.2) is 4.79 Å². The fourth-order valence-electron chi connectivity index (χ4n) is 1.88. The molecule has 0 saturated carbocycles. The molecule has 0 aliphatic rings. The van der Waals surface area contributed by atoms with Crippen LogP contribution in [-0.4, -0.2) is 11.0 Å². The van der Waals surface area contributed by atoms with Crippen LogP contribution in [0.2, 0.25) is 5.02 Å². The molecule has 0 fully saturated rings. The van der Waals surface area contributed by atoms with Crippen molar-refractivity contribution in [2.45, 2.75) is 6.92 Å². The molecule has 0 saturated heterocycles. The van der Waals surface area contributed by atoms with E-state index in [9.17, 15) is 14.9 Å². The number of hydrogen-bond acceptors (Lipinski definition) is 3. The Morgan fingerprint density at radius 2 is 2.00 bits per heavy atom. The van der Waals surface area contributed by atoms with Crippen LogP contribution in [0, 0.1) is 17.0 Å². The smallest absolute Gasteiger partial charge is 0.314 e. The highest BCUT2D eigenvalue weighted by atomic mass is 35.5. The van der Waals surface area contributed by atoms with Gasteiger partial charge in [0.05, 0.1) is 4.92 Å². The van der Waals surface area contributed by atoms with Gasteiger partial charge in [-0.15, -0.1) is 0 Å². The molecule has 0 radical (unpaired) electrons. The van der Waals surface area contributed by atoms with Crippen molar-refractivity contribution in [3.05, 3.63) is 74.9 Å². The Kier molecular flexibility index (Phi) is 5.32. The van der Waals surface area contributed by atoms with Crippen LogP contribution in [0.25, 0.3) is 6.08 Å². The fraction of sp³-hybridized carbons (Fsp3) is 0.0625. The summed E-state index contributed by atoms with van der Waals surface area (Å²) in [5.41, 5.74) is 2.08. The second kappa shape index (κ2) is 7.42. The second-order valence-corrected chi connectivity index (χ2v) is 5.12. The van der Waals surface area contributed by atoms with E-state index >= 15 is 0 Å². The molecule has 0 bridgehead atoms. The molecule has 2 N–H and O–H groups in total. The Labute approximate surface area is 137 Å². The molecule has 2 aromatic rings. The maximum atomic E-state index is 11.8. The third-order valence-electron chi connectivity index (χ3n) is 3.07. The first-order valence-electron chi connectivity index (χ1n) is 6.71. The van der Waals surface area contributed by atoms with Crippen LogP contribution >= 0.6 is 11.6 Å². The number of nitro groups is 1. The van der Waals surface area contributed by atoms with Gasteiger partial charge in [0.25, 0.3) is 5.69 Å². The van der Waals surface area contributed by atoms with Gasteiger partial charge in [0, 0.05) is 18.0 Å². The van der Waals surface area contributed by atoms with Gasteiger partial charge in [0.1, 0.15) is 5.02 Å². The summed E-state index contributed by atoms with van der Waals surface area (Å²) in [6, 6.07) is 11.3. The van der Waals surface area contributed by atoms with Crippen LogP contribution in [0.1, 0.15) is 11.1 Å². The lowest BCUT2D eigenvalue weighted by Gasteiger charge is -2.05. The average molecular weight is 332 g/mol. The lowest BCUT2D eigenvalue weighted by molar-refractivity contribution is -0.384. The summed E-state index contributed by atoms with van der Waals surface area (Å²) >= 11 is 5.71. The third kappa shape index (κ3) is 4.55. The summed E-state index contributed by atoms with van der Waals surface area (Å²) in [6.07, 6.45) is 3.27. The molecule has 0 unspecified atom stereocenters. The predicted octanol–water partition coefficient (Wildman–Crippen LogP) is 4.35. The number of hydrogen-bond donors (Lipinski definition) is 2. The molecule has 23 heavy (non-hydrogen) atoms. The second-order valence-electron chi connectivity index (χ2n) is 4.71. The van der Waals surface area contributed by atoms with E-state index in [1.54, 1.807) is 6.08 Å². The quantitative estimate of drug-likeness (QED) is 0.645. The number of nitro benzene ring substituents is 1. The molecule has 0 atom stereocenters. The first kappa shape index (κ1) is 16.5. The van der Waals surface area contributed by atoms with Crippen molar-refractivity contribution in [3.8, 4) is 0 Å². The van der Waals surface area contributed by atoms with E-state index in [0.717, 1.165) is 11.1 Å². The van der Waals surface area contributed by atoms with Crippen LogP contribution in [0.3, 0.4) is 0 Å². The van der Waals surface area contributed by atoms with Crippen molar-refractivity contribution in [1.29, 1.82) is 0 Å². The van der Waals surface area contributed by atoms with Crippen LogP contribution in [0.5, 0.6) is 0 Å². The zero-order valence-electron chi connectivity index (χ0n) is 12.2. The molecule has 0 aliphatic carbocycles. The Bertz CT molecular complexity index is 775. The van der Waals surface area contributed by atoms with Gasteiger partial charge >= 0.3 is 6.03 Å². The summed E-state index contributed by atoms with van der Waals surface area (Å²) < 4.78 is 0. The van der Waals surface area contributed by atoms with E-state index in [4.69, 9.17) is 11.6 Å². The van der Waals surface area contributed by atoms with Gasteiger partial charge in [-0.2, -0.15) is 0 Å². The van der Waals surface area contributed by atoms with Crippen molar-refractivity contribution in [1.82, 2.24) is 5.32 Å². The number of urea groups is 1. The number of amides is 2. The molecule has 6 nitrogen and oxygen atoms in total. The Hall–Kier alpha value is -2.86. The summed E-state index contributed by atoms with van der Waals surface area (Å²) in [7, 11) is 0. The maximum Gasteiger partial charge on any atom is 0.323 e. The van der Waals surface area contributed by atoms with Gasteiger partial charge in [-0.3, -0.25) is 10.1 Å². The highest BCUT2D eigenvalue weighted by Gasteiger charge is 2.13. The molecule has 0 heterocycles. The minimum absolute atomic E-state index is 0.0143. The van der Waals surface area contributed by atoms with Crippen molar-refractivity contribution in [2.75, 3.05) is 5.32 Å².